The van der Waals surface area contributed by atoms with Gasteiger partial charge in [0.15, 0.2) is 0 Å². The molecule has 0 aliphatic carbocycles. The summed E-state index contributed by atoms with van der Waals surface area (Å²) in [5.41, 5.74) is 6.87. The van der Waals surface area contributed by atoms with Gasteiger partial charge in [0.05, 0.1) is 16.6 Å². The van der Waals surface area contributed by atoms with Gasteiger partial charge < -0.3 is 5.73 Å². The molecule has 4 heteroatoms. The Morgan fingerprint density at radius 2 is 1.94 bits per heavy atom. The summed E-state index contributed by atoms with van der Waals surface area (Å²) in [5.74, 6) is -0.829. The number of primary amides is 1. The topological polar surface area (TPSA) is 56.0 Å². The van der Waals surface area contributed by atoms with Crippen molar-refractivity contribution in [3.05, 3.63) is 53.8 Å². The first-order chi connectivity index (χ1) is 8.65. The van der Waals surface area contributed by atoms with Crippen molar-refractivity contribution < 1.29 is 9.18 Å². The lowest BCUT2D eigenvalue weighted by atomic mass is 10.1. The number of amides is 1. The molecular formula is C14H9FN2O. The lowest BCUT2D eigenvalue weighted by Crippen LogP contribution is -2.11. The maximum atomic E-state index is 13.1. The molecule has 0 saturated carbocycles. The van der Waals surface area contributed by atoms with Crippen LogP contribution in [0.4, 0.5) is 4.39 Å². The average Bonchev–Trinajstić information content (AvgIpc) is 2.35. The minimum absolute atomic E-state index is 0.310. The molecule has 2 aromatic carbocycles. The zero-order valence-corrected chi connectivity index (χ0v) is 9.35. The van der Waals surface area contributed by atoms with E-state index in [1.54, 1.807) is 24.3 Å². The minimum Gasteiger partial charge on any atom is -0.366 e. The zero-order valence-electron chi connectivity index (χ0n) is 9.35. The first kappa shape index (κ1) is 10.7. The normalized spacial score (nSPS) is 10.9. The third-order valence-electron chi connectivity index (χ3n) is 2.87. The minimum atomic E-state index is -0.519. The van der Waals surface area contributed by atoms with E-state index in [1.165, 1.54) is 12.1 Å². The van der Waals surface area contributed by atoms with E-state index >= 15 is 0 Å². The largest absolute Gasteiger partial charge is 0.366 e. The highest BCUT2D eigenvalue weighted by Crippen LogP contribution is 2.22. The van der Waals surface area contributed by atoms with Crippen LogP contribution in [0.2, 0.25) is 0 Å². The average molecular weight is 240 g/mol. The van der Waals surface area contributed by atoms with Crippen molar-refractivity contribution in [2.45, 2.75) is 0 Å². The summed E-state index contributed by atoms with van der Waals surface area (Å²) in [7, 11) is 0. The number of halogens is 1. The summed E-state index contributed by atoms with van der Waals surface area (Å²) in [4.78, 5) is 15.7. The van der Waals surface area contributed by atoms with Crippen molar-refractivity contribution in [3.63, 3.8) is 0 Å². The number of fused-ring (bicyclic) bond motifs is 2. The van der Waals surface area contributed by atoms with Crippen LogP contribution in [0.15, 0.2) is 42.5 Å². The van der Waals surface area contributed by atoms with Crippen LogP contribution in [0, 0.1) is 5.82 Å². The van der Waals surface area contributed by atoms with Crippen LogP contribution < -0.4 is 5.73 Å². The second-order valence-electron chi connectivity index (χ2n) is 4.07. The SMILES string of the molecule is NC(=O)c1cccc2cc3cc(F)ccc3nc12. The van der Waals surface area contributed by atoms with Gasteiger partial charge in [-0.15, -0.1) is 0 Å². The second-order valence-corrected chi connectivity index (χ2v) is 4.07. The van der Waals surface area contributed by atoms with Crippen LogP contribution in [-0.2, 0) is 0 Å². The molecule has 0 atom stereocenters. The van der Waals surface area contributed by atoms with Gasteiger partial charge in [0.1, 0.15) is 5.82 Å². The van der Waals surface area contributed by atoms with Crippen molar-refractivity contribution in [2.24, 2.45) is 5.73 Å². The summed E-state index contributed by atoms with van der Waals surface area (Å²) >= 11 is 0. The van der Waals surface area contributed by atoms with Crippen LogP contribution in [0.25, 0.3) is 21.8 Å². The molecule has 0 aliphatic heterocycles. The van der Waals surface area contributed by atoms with E-state index in [0.717, 1.165) is 5.39 Å². The summed E-state index contributed by atoms with van der Waals surface area (Å²) in [6.45, 7) is 0. The number of rotatable bonds is 1. The van der Waals surface area contributed by atoms with Crippen LogP contribution in [-0.4, -0.2) is 10.9 Å². The van der Waals surface area contributed by atoms with Gasteiger partial charge in [-0.25, -0.2) is 9.37 Å². The lowest BCUT2D eigenvalue weighted by Gasteiger charge is -2.04. The molecule has 0 spiro atoms. The molecule has 0 bridgehead atoms. The van der Waals surface area contributed by atoms with Crippen LogP contribution in [0.3, 0.4) is 0 Å². The highest BCUT2D eigenvalue weighted by atomic mass is 19.1. The molecule has 2 N–H and O–H groups in total. The fourth-order valence-electron chi connectivity index (χ4n) is 2.03. The van der Waals surface area contributed by atoms with E-state index < -0.39 is 5.91 Å². The number of carbonyl (C=O) groups excluding carboxylic acids is 1. The van der Waals surface area contributed by atoms with Gasteiger partial charge in [-0.3, -0.25) is 4.79 Å². The molecule has 1 aromatic heterocycles. The second kappa shape index (κ2) is 3.77. The predicted molar refractivity (Wildman–Crippen MR) is 67.7 cm³/mol. The highest BCUT2D eigenvalue weighted by molar-refractivity contribution is 6.07. The van der Waals surface area contributed by atoms with Gasteiger partial charge in [-0.2, -0.15) is 0 Å². The van der Waals surface area contributed by atoms with Crippen LogP contribution in [0.5, 0.6) is 0 Å². The summed E-state index contributed by atoms with van der Waals surface area (Å²) in [6, 6.07) is 11.3. The lowest BCUT2D eigenvalue weighted by molar-refractivity contribution is 0.100. The molecular weight excluding hydrogens is 231 g/mol. The number of benzene rings is 2. The number of carbonyl (C=O) groups is 1. The summed E-state index contributed by atoms with van der Waals surface area (Å²) in [6.07, 6.45) is 0. The molecule has 0 radical (unpaired) electrons. The van der Waals surface area contributed by atoms with Crippen molar-refractivity contribution in [3.8, 4) is 0 Å². The van der Waals surface area contributed by atoms with E-state index in [0.29, 0.717) is 22.0 Å². The van der Waals surface area contributed by atoms with E-state index in [9.17, 15) is 9.18 Å². The first-order valence-electron chi connectivity index (χ1n) is 5.44. The van der Waals surface area contributed by atoms with Gasteiger partial charge in [0, 0.05) is 10.8 Å². The number of aromatic nitrogens is 1. The molecule has 3 nitrogen and oxygen atoms in total. The fourth-order valence-corrected chi connectivity index (χ4v) is 2.03. The van der Waals surface area contributed by atoms with Gasteiger partial charge in [-0.1, -0.05) is 12.1 Å². The van der Waals surface area contributed by atoms with E-state index in [2.05, 4.69) is 4.98 Å². The summed E-state index contributed by atoms with van der Waals surface area (Å²) in [5, 5.41) is 1.47. The molecule has 0 fully saturated rings. The van der Waals surface area contributed by atoms with E-state index in [1.807, 2.05) is 6.07 Å². The Bertz CT molecular complexity index is 783. The number of pyridine rings is 1. The third-order valence-corrected chi connectivity index (χ3v) is 2.87. The predicted octanol–water partition coefficient (Wildman–Crippen LogP) is 2.63. The van der Waals surface area contributed by atoms with Gasteiger partial charge >= 0.3 is 0 Å². The Morgan fingerprint density at radius 1 is 1.11 bits per heavy atom. The van der Waals surface area contributed by atoms with E-state index in [-0.39, 0.29) is 5.82 Å². The van der Waals surface area contributed by atoms with Crippen molar-refractivity contribution in [2.75, 3.05) is 0 Å². The Morgan fingerprint density at radius 3 is 2.72 bits per heavy atom. The molecule has 1 heterocycles. The van der Waals surface area contributed by atoms with Crippen LogP contribution >= 0.6 is 0 Å². The van der Waals surface area contributed by atoms with Crippen molar-refractivity contribution in [1.29, 1.82) is 0 Å². The first-order valence-corrected chi connectivity index (χ1v) is 5.44. The van der Waals surface area contributed by atoms with Crippen LogP contribution in [0.1, 0.15) is 10.4 Å². The molecule has 3 aromatic rings. The Kier molecular flexibility index (Phi) is 2.23. The number of nitrogens with zero attached hydrogens (tertiary/aromatic N) is 1. The van der Waals surface area contributed by atoms with Gasteiger partial charge in [-0.05, 0) is 30.3 Å². The Balaban J connectivity index is 2.44. The molecule has 88 valence electrons. The standard InChI is InChI=1S/C14H9FN2O/c15-10-4-5-12-9(7-10)6-8-2-1-3-11(14(16)18)13(8)17-12/h1-7H,(H2,16,18). The molecule has 0 saturated heterocycles. The van der Waals surface area contributed by atoms with Gasteiger partial charge in [0.25, 0.3) is 5.91 Å². The third kappa shape index (κ3) is 1.59. The maximum absolute atomic E-state index is 13.1. The molecule has 0 aliphatic rings. The smallest absolute Gasteiger partial charge is 0.250 e. The molecule has 18 heavy (non-hydrogen) atoms. The number of hydrogen-bond donors (Lipinski definition) is 1. The highest BCUT2D eigenvalue weighted by Gasteiger charge is 2.09. The van der Waals surface area contributed by atoms with Gasteiger partial charge in [0.2, 0.25) is 0 Å². The quantitative estimate of drug-likeness (QED) is 0.665. The molecule has 3 rings (SSSR count). The number of para-hydroxylation sites is 1. The maximum Gasteiger partial charge on any atom is 0.250 e. The Hall–Kier alpha value is -2.49. The summed E-state index contributed by atoms with van der Waals surface area (Å²) < 4.78 is 13.1. The van der Waals surface area contributed by atoms with Crippen molar-refractivity contribution >= 4 is 27.7 Å². The van der Waals surface area contributed by atoms with E-state index in [4.69, 9.17) is 5.73 Å². The fraction of sp³-hybridized carbons (Fsp3) is 0. The Labute approximate surface area is 102 Å². The number of hydrogen-bond acceptors (Lipinski definition) is 2. The zero-order chi connectivity index (χ0) is 12.7. The molecule has 1 amide bonds. The number of nitrogens with two attached hydrogens (primary N) is 1. The van der Waals surface area contributed by atoms with Crippen molar-refractivity contribution in [1.82, 2.24) is 4.98 Å². The molecule has 0 unspecified atom stereocenters. The monoisotopic (exact) mass is 240 g/mol.